The first kappa shape index (κ1) is 15.4. The quantitative estimate of drug-likeness (QED) is 0.780. The Morgan fingerprint density at radius 1 is 1.25 bits per heavy atom. The molecule has 1 aliphatic heterocycles. The zero-order valence-electron chi connectivity index (χ0n) is 13.5. The number of nitrogens with zero attached hydrogens (tertiary/aromatic N) is 1. The lowest BCUT2D eigenvalue weighted by molar-refractivity contribution is -0.133. The molecule has 0 spiro atoms. The van der Waals surface area contributed by atoms with Crippen LogP contribution in [0.1, 0.15) is 12.0 Å². The lowest BCUT2D eigenvalue weighted by atomic mass is 9.90. The molecule has 4 atom stereocenters. The Hall–Kier alpha value is -2.14. The lowest BCUT2D eigenvalue weighted by Gasteiger charge is -2.22. The second-order valence-electron chi connectivity index (χ2n) is 6.74. The Morgan fingerprint density at radius 3 is 2.83 bits per heavy atom. The van der Waals surface area contributed by atoms with Gasteiger partial charge in [-0.1, -0.05) is 42.5 Å². The third-order valence-corrected chi connectivity index (χ3v) is 5.38. The van der Waals surface area contributed by atoms with Gasteiger partial charge in [-0.2, -0.15) is 0 Å². The van der Waals surface area contributed by atoms with Crippen LogP contribution in [0.2, 0.25) is 0 Å². The zero-order chi connectivity index (χ0) is 16.5. The fraction of sp³-hybridized carbons (Fsp3) is 0.474. The van der Waals surface area contributed by atoms with E-state index in [1.54, 1.807) is 0 Å². The van der Waals surface area contributed by atoms with Gasteiger partial charge in [0, 0.05) is 5.92 Å². The van der Waals surface area contributed by atoms with E-state index in [2.05, 4.69) is 12.2 Å². The lowest BCUT2D eigenvalue weighted by Crippen LogP contribution is -2.38. The maximum absolute atomic E-state index is 12.6. The summed E-state index contributed by atoms with van der Waals surface area (Å²) in [5.41, 5.74) is 1.16. The average molecular weight is 327 g/mol. The number of ether oxygens (including phenoxy) is 2. The van der Waals surface area contributed by atoms with E-state index in [1.165, 1.54) is 4.90 Å². The third-order valence-electron chi connectivity index (χ3n) is 5.38. The maximum atomic E-state index is 12.6. The molecular weight excluding hydrogens is 306 g/mol. The van der Waals surface area contributed by atoms with Gasteiger partial charge < -0.3 is 9.47 Å². The number of carbonyl (C=O) groups is 2. The van der Waals surface area contributed by atoms with Crippen molar-refractivity contribution < 1.29 is 19.1 Å². The topological polar surface area (TPSA) is 55.8 Å². The van der Waals surface area contributed by atoms with E-state index < -0.39 is 6.09 Å². The highest BCUT2D eigenvalue weighted by Crippen LogP contribution is 2.49. The molecule has 0 radical (unpaired) electrons. The van der Waals surface area contributed by atoms with Crippen molar-refractivity contribution in [1.82, 2.24) is 4.90 Å². The first-order chi connectivity index (χ1) is 11.7. The maximum Gasteiger partial charge on any atom is 0.416 e. The van der Waals surface area contributed by atoms with E-state index in [-0.39, 0.29) is 17.7 Å². The second-order valence-corrected chi connectivity index (χ2v) is 6.74. The highest BCUT2D eigenvalue weighted by molar-refractivity contribution is 5.94. The summed E-state index contributed by atoms with van der Waals surface area (Å²) < 4.78 is 10.8. The van der Waals surface area contributed by atoms with Crippen LogP contribution in [0.5, 0.6) is 0 Å². The average Bonchev–Trinajstić information content (AvgIpc) is 3.30. The minimum absolute atomic E-state index is 0.0811. The molecule has 0 aromatic heterocycles. The Bertz CT molecular complexity index is 657. The molecule has 0 N–H and O–H groups in total. The van der Waals surface area contributed by atoms with Crippen molar-refractivity contribution in [3.63, 3.8) is 0 Å². The van der Waals surface area contributed by atoms with Gasteiger partial charge in [-0.3, -0.25) is 4.79 Å². The van der Waals surface area contributed by atoms with Crippen molar-refractivity contribution in [2.24, 2.45) is 23.7 Å². The van der Waals surface area contributed by atoms with E-state index in [9.17, 15) is 9.59 Å². The first-order valence-electron chi connectivity index (χ1n) is 8.52. The molecule has 2 bridgehead atoms. The number of amides is 2. The van der Waals surface area contributed by atoms with Gasteiger partial charge in [0.1, 0.15) is 6.61 Å². The number of rotatable bonds is 5. The predicted octanol–water partition coefficient (Wildman–Crippen LogP) is 2.62. The summed E-state index contributed by atoms with van der Waals surface area (Å²) in [5, 5.41) is 0. The van der Waals surface area contributed by atoms with Crippen LogP contribution in [-0.2, 0) is 20.9 Å². The van der Waals surface area contributed by atoms with Crippen LogP contribution in [-0.4, -0.2) is 36.7 Å². The molecular formula is C19H21NO4. The van der Waals surface area contributed by atoms with Gasteiger partial charge in [0.15, 0.2) is 0 Å². The molecule has 1 saturated carbocycles. The molecule has 126 valence electrons. The summed E-state index contributed by atoms with van der Waals surface area (Å²) >= 11 is 0. The van der Waals surface area contributed by atoms with E-state index in [0.29, 0.717) is 38.2 Å². The standard InChI is InChI=1S/C19H21NO4/c21-18(20-8-9-24-19(20)22)16-10-14-6-7-15(16)17(14)12-23-11-13-4-2-1-3-5-13/h1-7,14-17H,8-12H2/t14-,15+,16+,17-/m1/s1. The number of allylic oxidation sites excluding steroid dienone is 2. The van der Waals surface area contributed by atoms with E-state index >= 15 is 0 Å². The zero-order valence-corrected chi connectivity index (χ0v) is 13.5. The molecule has 1 saturated heterocycles. The normalized spacial score (nSPS) is 30.8. The number of hydrogen-bond acceptors (Lipinski definition) is 4. The molecule has 4 rings (SSSR count). The molecule has 1 heterocycles. The van der Waals surface area contributed by atoms with Crippen molar-refractivity contribution in [3.05, 3.63) is 48.0 Å². The minimum atomic E-state index is -0.497. The van der Waals surface area contributed by atoms with Crippen LogP contribution < -0.4 is 0 Å². The van der Waals surface area contributed by atoms with Gasteiger partial charge in [-0.05, 0) is 29.7 Å². The predicted molar refractivity (Wildman–Crippen MR) is 86.9 cm³/mol. The molecule has 2 fully saturated rings. The van der Waals surface area contributed by atoms with E-state index in [4.69, 9.17) is 9.47 Å². The largest absolute Gasteiger partial charge is 0.447 e. The molecule has 24 heavy (non-hydrogen) atoms. The van der Waals surface area contributed by atoms with E-state index in [0.717, 1.165) is 12.0 Å². The molecule has 1 aromatic carbocycles. The first-order valence-corrected chi connectivity index (χ1v) is 8.52. The SMILES string of the molecule is O=C1OCCN1C(=O)[C@H]1C[C@H]2C=C[C@@H]1[C@@H]2COCc1ccccc1. The van der Waals surface area contributed by atoms with Crippen LogP contribution >= 0.6 is 0 Å². The Kier molecular flexibility index (Phi) is 4.10. The van der Waals surface area contributed by atoms with Crippen molar-refractivity contribution in [2.75, 3.05) is 19.8 Å². The van der Waals surface area contributed by atoms with Gasteiger partial charge in [0.2, 0.25) is 5.91 Å². The molecule has 0 unspecified atom stereocenters. The Balaban J connectivity index is 1.35. The number of benzene rings is 1. The Morgan fingerprint density at radius 2 is 2.08 bits per heavy atom. The monoisotopic (exact) mass is 327 g/mol. The summed E-state index contributed by atoms with van der Waals surface area (Å²) in [6, 6.07) is 10.1. The van der Waals surface area contributed by atoms with Crippen molar-refractivity contribution in [2.45, 2.75) is 13.0 Å². The molecule has 1 aromatic rings. The number of fused-ring (bicyclic) bond motifs is 2. The highest BCUT2D eigenvalue weighted by atomic mass is 16.6. The highest BCUT2D eigenvalue weighted by Gasteiger charge is 2.50. The fourth-order valence-corrected chi connectivity index (χ4v) is 4.16. The van der Waals surface area contributed by atoms with E-state index in [1.807, 2.05) is 30.3 Å². The second kappa shape index (κ2) is 6.40. The summed E-state index contributed by atoms with van der Waals surface area (Å²) in [6.45, 7) is 1.93. The number of cyclic esters (lactones) is 1. The number of hydrogen-bond donors (Lipinski definition) is 0. The van der Waals surface area contributed by atoms with Gasteiger partial charge in [0.05, 0.1) is 19.8 Å². The molecule has 5 heteroatoms. The summed E-state index contributed by atoms with van der Waals surface area (Å²) in [4.78, 5) is 25.5. The summed E-state index contributed by atoms with van der Waals surface area (Å²) in [7, 11) is 0. The third kappa shape index (κ3) is 2.73. The number of carbonyl (C=O) groups excluding carboxylic acids is 2. The number of imide groups is 1. The minimum Gasteiger partial charge on any atom is -0.447 e. The van der Waals surface area contributed by atoms with Crippen LogP contribution in [0.3, 0.4) is 0 Å². The van der Waals surface area contributed by atoms with Gasteiger partial charge >= 0.3 is 6.09 Å². The van der Waals surface area contributed by atoms with Gasteiger partial charge in [-0.25, -0.2) is 9.69 Å². The van der Waals surface area contributed by atoms with Crippen molar-refractivity contribution in [1.29, 1.82) is 0 Å². The molecule has 2 aliphatic carbocycles. The summed E-state index contributed by atoms with van der Waals surface area (Å²) in [6.07, 6.45) is 4.65. The molecule has 5 nitrogen and oxygen atoms in total. The van der Waals surface area contributed by atoms with Crippen molar-refractivity contribution >= 4 is 12.0 Å². The van der Waals surface area contributed by atoms with Crippen molar-refractivity contribution in [3.8, 4) is 0 Å². The van der Waals surface area contributed by atoms with Crippen LogP contribution in [0.15, 0.2) is 42.5 Å². The van der Waals surface area contributed by atoms with Gasteiger partial charge in [-0.15, -0.1) is 0 Å². The molecule has 3 aliphatic rings. The van der Waals surface area contributed by atoms with Crippen LogP contribution in [0.4, 0.5) is 4.79 Å². The Labute approximate surface area is 141 Å². The van der Waals surface area contributed by atoms with Crippen LogP contribution in [0, 0.1) is 23.7 Å². The molecule has 2 amide bonds. The van der Waals surface area contributed by atoms with Gasteiger partial charge in [0.25, 0.3) is 0 Å². The summed E-state index contributed by atoms with van der Waals surface area (Å²) in [5.74, 6) is 0.685. The smallest absolute Gasteiger partial charge is 0.416 e. The van der Waals surface area contributed by atoms with Crippen LogP contribution in [0.25, 0.3) is 0 Å². The fourth-order valence-electron chi connectivity index (χ4n) is 4.16.